The van der Waals surface area contributed by atoms with E-state index in [-0.39, 0.29) is 10.9 Å². The molecule has 0 spiro atoms. The molecule has 0 aromatic heterocycles. The van der Waals surface area contributed by atoms with E-state index < -0.39 is 22.2 Å². The third kappa shape index (κ3) is 3.45. The fraction of sp³-hybridized carbons (Fsp3) is 0.600. The maximum Gasteiger partial charge on any atom is 0.243 e. The topological polar surface area (TPSA) is 77.8 Å². The molecule has 1 saturated carbocycles. The number of hydrogen-bond donors (Lipinski definition) is 2. The number of rotatable bonds is 4. The van der Waals surface area contributed by atoms with Gasteiger partial charge < -0.3 is 10.2 Å². The molecule has 118 valence electrons. The minimum Gasteiger partial charge on any atom is -0.391 e. The van der Waals surface area contributed by atoms with Crippen LogP contribution in [0.25, 0.3) is 0 Å². The maximum absolute atomic E-state index is 12.6. The first-order valence-electron chi connectivity index (χ1n) is 7.28. The number of nitrogens with zero attached hydrogens (tertiary/aromatic N) is 1. The largest absolute Gasteiger partial charge is 0.391 e. The van der Waals surface area contributed by atoms with E-state index in [2.05, 4.69) is 0 Å². The Morgan fingerprint density at radius 3 is 2.29 bits per heavy atom. The van der Waals surface area contributed by atoms with Crippen molar-refractivity contribution < 1.29 is 18.6 Å². The quantitative estimate of drug-likeness (QED) is 0.886. The molecule has 6 heteroatoms. The van der Waals surface area contributed by atoms with Gasteiger partial charge in [0.1, 0.15) is 0 Å². The predicted octanol–water partition coefficient (Wildman–Crippen LogP) is 1.66. The summed E-state index contributed by atoms with van der Waals surface area (Å²) in [5, 5.41) is 19.5. The average Bonchev–Trinajstić information content (AvgIpc) is 2.47. The molecule has 2 rings (SSSR count). The molecule has 1 aliphatic rings. The summed E-state index contributed by atoms with van der Waals surface area (Å²) in [6.07, 6.45) is 1.97. The van der Waals surface area contributed by atoms with Crippen molar-refractivity contribution in [1.29, 1.82) is 0 Å². The SMILES string of the molecule is CC(O)c1ccc(S(=O)(=O)N(C)C2CCCCC2O)cc1. The van der Waals surface area contributed by atoms with Crippen LogP contribution in [0, 0.1) is 0 Å². The van der Waals surface area contributed by atoms with E-state index in [1.54, 1.807) is 19.1 Å². The van der Waals surface area contributed by atoms with Gasteiger partial charge in [0.2, 0.25) is 10.0 Å². The molecule has 3 atom stereocenters. The third-order valence-corrected chi connectivity index (χ3v) is 6.10. The highest BCUT2D eigenvalue weighted by molar-refractivity contribution is 7.89. The zero-order valence-corrected chi connectivity index (χ0v) is 13.3. The number of benzene rings is 1. The number of likely N-dealkylation sites (N-methyl/N-ethyl adjacent to an activating group) is 1. The summed E-state index contributed by atoms with van der Waals surface area (Å²) in [5.41, 5.74) is 0.675. The number of aliphatic hydroxyl groups is 2. The van der Waals surface area contributed by atoms with E-state index in [0.29, 0.717) is 18.4 Å². The van der Waals surface area contributed by atoms with Crippen molar-refractivity contribution in [2.75, 3.05) is 7.05 Å². The monoisotopic (exact) mass is 313 g/mol. The molecule has 3 unspecified atom stereocenters. The molecule has 0 aliphatic heterocycles. The molecule has 0 saturated heterocycles. The van der Waals surface area contributed by atoms with E-state index in [0.717, 1.165) is 12.8 Å². The van der Waals surface area contributed by atoms with E-state index in [1.165, 1.54) is 23.5 Å². The first-order valence-corrected chi connectivity index (χ1v) is 8.72. The summed E-state index contributed by atoms with van der Waals surface area (Å²) >= 11 is 0. The van der Waals surface area contributed by atoms with Gasteiger partial charge in [0.25, 0.3) is 0 Å². The van der Waals surface area contributed by atoms with Gasteiger partial charge in [-0.1, -0.05) is 25.0 Å². The zero-order chi connectivity index (χ0) is 15.6. The molecule has 0 heterocycles. The maximum atomic E-state index is 12.6. The lowest BCUT2D eigenvalue weighted by molar-refractivity contribution is 0.0638. The van der Waals surface area contributed by atoms with Crippen molar-refractivity contribution >= 4 is 10.0 Å². The average molecular weight is 313 g/mol. The Hall–Kier alpha value is -0.950. The molecule has 1 aromatic carbocycles. The number of hydrogen-bond acceptors (Lipinski definition) is 4. The van der Waals surface area contributed by atoms with Gasteiger partial charge in [-0.15, -0.1) is 0 Å². The molecular weight excluding hydrogens is 290 g/mol. The van der Waals surface area contributed by atoms with Crippen LogP contribution in [0.1, 0.15) is 44.3 Å². The molecule has 0 amide bonds. The molecular formula is C15H23NO4S. The Kier molecular flexibility index (Phi) is 5.03. The second-order valence-corrected chi connectivity index (χ2v) is 7.68. The summed E-state index contributed by atoms with van der Waals surface area (Å²) in [4.78, 5) is 0.187. The molecule has 21 heavy (non-hydrogen) atoms. The van der Waals surface area contributed by atoms with Gasteiger partial charge in [-0.2, -0.15) is 4.31 Å². The lowest BCUT2D eigenvalue weighted by Gasteiger charge is -2.34. The second-order valence-electron chi connectivity index (χ2n) is 5.69. The summed E-state index contributed by atoms with van der Waals surface area (Å²) < 4.78 is 26.5. The normalized spacial score (nSPS) is 25.0. The van der Waals surface area contributed by atoms with Crippen molar-refractivity contribution in [1.82, 2.24) is 4.31 Å². The highest BCUT2D eigenvalue weighted by Gasteiger charge is 2.34. The van der Waals surface area contributed by atoms with Crippen molar-refractivity contribution in [2.45, 2.75) is 55.8 Å². The van der Waals surface area contributed by atoms with Crippen LogP contribution in [0.15, 0.2) is 29.2 Å². The minimum atomic E-state index is -3.62. The standard InChI is InChI=1S/C15H23NO4S/c1-11(17)12-7-9-13(10-8-12)21(19,20)16(2)14-5-3-4-6-15(14)18/h7-11,14-15,17-18H,3-6H2,1-2H3. The smallest absolute Gasteiger partial charge is 0.243 e. The lowest BCUT2D eigenvalue weighted by Crippen LogP contribution is -2.46. The van der Waals surface area contributed by atoms with Gasteiger partial charge in [-0.05, 0) is 37.5 Å². The molecule has 5 nitrogen and oxygen atoms in total. The van der Waals surface area contributed by atoms with Crippen LogP contribution in [0.5, 0.6) is 0 Å². The molecule has 0 radical (unpaired) electrons. The number of sulfonamides is 1. The van der Waals surface area contributed by atoms with Crippen LogP contribution in [0.4, 0.5) is 0 Å². The van der Waals surface area contributed by atoms with Gasteiger partial charge >= 0.3 is 0 Å². The van der Waals surface area contributed by atoms with Gasteiger partial charge in [0.05, 0.1) is 23.1 Å². The second kappa shape index (κ2) is 6.44. The van der Waals surface area contributed by atoms with Crippen molar-refractivity contribution in [3.63, 3.8) is 0 Å². The molecule has 1 aromatic rings. The van der Waals surface area contributed by atoms with Crippen molar-refractivity contribution in [3.8, 4) is 0 Å². The summed E-state index contributed by atoms with van der Waals surface area (Å²) in [5.74, 6) is 0. The van der Waals surface area contributed by atoms with Gasteiger partial charge in [0.15, 0.2) is 0 Å². The molecule has 1 aliphatic carbocycles. The first-order chi connectivity index (χ1) is 9.84. The van der Waals surface area contributed by atoms with E-state index in [9.17, 15) is 18.6 Å². The fourth-order valence-corrected chi connectivity index (χ4v) is 4.19. The highest BCUT2D eigenvalue weighted by Crippen LogP contribution is 2.27. The summed E-state index contributed by atoms with van der Waals surface area (Å²) in [6.45, 7) is 1.63. The van der Waals surface area contributed by atoms with Gasteiger partial charge in [0, 0.05) is 7.05 Å². The van der Waals surface area contributed by atoms with Crippen LogP contribution >= 0.6 is 0 Å². The predicted molar refractivity (Wildman–Crippen MR) is 80.3 cm³/mol. The Labute approximate surface area is 126 Å². The molecule has 2 N–H and O–H groups in total. The molecule has 0 bridgehead atoms. The van der Waals surface area contributed by atoms with E-state index >= 15 is 0 Å². The zero-order valence-electron chi connectivity index (χ0n) is 12.4. The summed E-state index contributed by atoms with van der Waals surface area (Å²) in [7, 11) is -2.10. The molecule has 1 fully saturated rings. The van der Waals surface area contributed by atoms with Crippen molar-refractivity contribution in [3.05, 3.63) is 29.8 Å². The van der Waals surface area contributed by atoms with E-state index in [1.807, 2.05) is 0 Å². The minimum absolute atomic E-state index is 0.187. The summed E-state index contributed by atoms with van der Waals surface area (Å²) in [6, 6.07) is 5.87. The van der Waals surface area contributed by atoms with Crippen LogP contribution in [0.3, 0.4) is 0 Å². The third-order valence-electron chi connectivity index (χ3n) is 4.20. The van der Waals surface area contributed by atoms with E-state index in [4.69, 9.17) is 0 Å². The lowest BCUT2D eigenvalue weighted by atomic mass is 9.93. The van der Waals surface area contributed by atoms with Crippen LogP contribution in [-0.4, -0.2) is 42.1 Å². The Bertz CT molecular complexity index is 568. The van der Waals surface area contributed by atoms with Crippen LogP contribution in [0.2, 0.25) is 0 Å². The first kappa shape index (κ1) is 16.4. The Morgan fingerprint density at radius 1 is 1.19 bits per heavy atom. The fourth-order valence-electron chi connectivity index (χ4n) is 2.78. The van der Waals surface area contributed by atoms with Crippen molar-refractivity contribution in [2.24, 2.45) is 0 Å². The van der Waals surface area contributed by atoms with Gasteiger partial charge in [-0.25, -0.2) is 8.42 Å². The Morgan fingerprint density at radius 2 is 1.76 bits per heavy atom. The highest BCUT2D eigenvalue weighted by atomic mass is 32.2. The van der Waals surface area contributed by atoms with Crippen LogP contribution < -0.4 is 0 Å². The number of aliphatic hydroxyl groups excluding tert-OH is 2. The Balaban J connectivity index is 2.24. The van der Waals surface area contributed by atoms with Gasteiger partial charge in [-0.3, -0.25) is 0 Å². The van der Waals surface area contributed by atoms with Crippen LogP contribution in [-0.2, 0) is 10.0 Å².